The molecule has 1 aromatic carbocycles. The van der Waals surface area contributed by atoms with Gasteiger partial charge in [0.25, 0.3) is 0 Å². The largest absolute Gasteiger partial charge is 0.385 e. The second-order valence-corrected chi connectivity index (χ2v) is 4.43. The molecule has 0 spiro atoms. The van der Waals surface area contributed by atoms with E-state index in [4.69, 9.17) is 0 Å². The third-order valence-electron chi connectivity index (χ3n) is 2.80. The first-order chi connectivity index (χ1) is 8.13. The maximum absolute atomic E-state index is 10.0. The molecule has 0 aliphatic rings. The molecule has 0 fully saturated rings. The molecule has 0 aliphatic carbocycles. The molecule has 1 N–H and O–H groups in total. The predicted octanol–water partition coefficient (Wildman–Crippen LogP) is 3.06. The molecule has 3 nitrogen and oxygen atoms in total. The first-order valence-corrected chi connectivity index (χ1v) is 5.91. The van der Waals surface area contributed by atoms with Crippen LogP contribution in [0, 0.1) is 0 Å². The zero-order valence-corrected chi connectivity index (χ0v) is 10.3. The van der Waals surface area contributed by atoms with Crippen molar-refractivity contribution >= 4 is 11.0 Å². The Labute approximate surface area is 101 Å². The Morgan fingerprint density at radius 1 is 1.47 bits per heavy atom. The van der Waals surface area contributed by atoms with E-state index in [1.807, 2.05) is 42.7 Å². The number of hydrogen-bond acceptors (Lipinski definition) is 2. The van der Waals surface area contributed by atoms with E-state index in [0.29, 0.717) is 13.0 Å². The molecule has 2 rings (SSSR count). The van der Waals surface area contributed by atoms with Crippen LogP contribution < -0.4 is 0 Å². The number of benzene rings is 1. The monoisotopic (exact) mass is 230 g/mol. The molecule has 0 aliphatic heterocycles. The summed E-state index contributed by atoms with van der Waals surface area (Å²) in [5.41, 5.74) is 3.03. The van der Waals surface area contributed by atoms with Gasteiger partial charge in [0.15, 0.2) is 0 Å². The topological polar surface area (TPSA) is 38.0 Å². The maximum atomic E-state index is 10.0. The number of nitrogens with zero attached hydrogens (tertiary/aromatic N) is 2. The Morgan fingerprint density at radius 2 is 2.18 bits per heavy atom. The molecule has 0 saturated carbocycles. The van der Waals surface area contributed by atoms with Crippen LogP contribution in [-0.2, 0) is 6.54 Å². The third kappa shape index (κ3) is 2.24. The van der Waals surface area contributed by atoms with E-state index in [0.717, 1.165) is 22.4 Å². The Morgan fingerprint density at radius 3 is 2.82 bits per heavy atom. The molecule has 0 amide bonds. The van der Waals surface area contributed by atoms with E-state index < -0.39 is 6.10 Å². The van der Waals surface area contributed by atoms with Crippen molar-refractivity contribution in [3.8, 4) is 0 Å². The van der Waals surface area contributed by atoms with Gasteiger partial charge in [-0.3, -0.25) is 0 Å². The van der Waals surface area contributed by atoms with Gasteiger partial charge in [0.2, 0.25) is 0 Å². The smallest absolute Gasteiger partial charge is 0.139 e. The number of hydrogen-bond donors (Lipinski definition) is 1. The van der Waals surface area contributed by atoms with Crippen molar-refractivity contribution in [2.75, 3.05) is 0 Å². The first-order valence-electron chi connectivity index (χ1n) is 5.91. The fourth-order valence-corrected chi connectivity index (χ4v) is 1.97. The summed E-state index contributed by atoms with van der Waals surface area (Å²) in [7, 11) is 0. The lowest BCUT2D eigenvalue weighted by molar-refractivity contribution is 0.160. The minimum Gasteiger partial charge on any atom is -0.385 e. The molecule has 0 unspecified atom stereocenters. The fraction of sp³-hybridized carbons (Fsp3) is 0.357. The van der Waals surface area contributed by atoms with Gasteiger partial charge in [-0.15, -0.1) is 0 Å². The molecule has 0 radical (unpaired) electrons. The van der Waals surface area contributed by atoms with Crippen molar-refractivity contribution in [3.05, 3.63) is 42.2 Å². The van der Waals surface area contributed by atoms with Gasteiger partial charge in [0.1, 0.15) is 11.9 Å². The summed E-state index contributed by atoms with van der Waals surface area (Å²) in [6, 6.07) is 7.94. The molecule has 3 heteroatoms. The lowest BCUT2D eigenvalue weighted by atomic mass is 10.2. The van der Waals surface area contributed by atoms with Crippen LogP contribution in [0.3, 0.4) is 0 Å². The molecule has 1 aromatic heterocycles. The average Bonchev–Trinajstić information content (AvgIpc) is 2.67. The number of imidazole rings is 1. The summed E-state index contributed by atoms with van der Waals surface area (Å²) in [4.78, 5) is 4.51. The van der Waals surface area contributed by atoms with Crippen LogP contribution in [0.5, 0.6) is 0 Å². The fourth-order valence-electron chi connectivity index (χ4n) is 1.97. The molecular weight excluding hydrogens is 212 g/mol. The van der Waals surface area contributed by atoms with Crippen molar-refractivity contribution in [3.63, 3.8) is 0 Å². The van der Waals surface area contributed by atoms with Crippen LogP contribution in [0.15, 0.2) is 36.4 Å². The standard InChI is InChI=1S/C14H18N2O/c1-4-13(17)14-15-11-7-5-6-8-12(11)16(14)9-10(2)3/h5-8,13,17H,2,4,9H2,1,3H3/t13-/m1/s1. The Bertz CT molecular complexity index is 542. The second-order valence-electron chi connectivity index (χ2n) is 4.43. The van der Waals surface area contributed by atoms with E-state index in [-0.39, 0.29) is 0 Å². The van der Waals surface area contributed by atoms with E-state index >= 15 is 0 Å². The third-order valence-corrected chi connectivity index (χ3v) is 2.80. The summed E-state index contributed by atoms with van der Waals surface area (Å²) in [6.45, 7) is 8.57. The predicted molar refractivity (Wildman–Crippen MR) is 69.8 cm³/mol. The number of aliphatic hydroxyl groups is 1. The van der Waals surface area contributed by atoms with Gasteiger partial charge < -0.3 is 9.67 Å². The minimum atomic E-state index is -0.512. The Hall–Kier alpha value is -1.61. The lowest BCUT2D eigenvalue weighted by Gasteiger charge is -2.12. The number of fused-ring (bicyclic) bond motifs is 1. The quantitative estimate of drug-likeness (QED) is 0.820. The highest BCUT2D eigenvalue weighted by Gasteiger charge is 2.16. The molecule has 2 aromatic rings. The second kappa shape index (κ2) is 4.72. The minimum absolute atomic E-state index is 0.512. The SMILES string of the molecule is C=C(C)Cn1c([C@H](O)CC)nc2ccccc21. The van der Waals surface area contributed by atoms with Crippen molar-refractivity contribution in [2.45, 2.75) is 32.9 Å². The highest BCUT2D eigenvalue weighted by molar-refractivity contribution is 5.76. The van der Waals surface area contributed by atoms with Crippen molar-refractivity contribution < 1.29 is 5.11 Å². The van der Waals surface area contributed by atoms with E-state index in [2.05, 4.69) is 11.6 Å². The number of para-hydroxylation sites is 2. The molecule has 90 valence electrons. The first kappa shape index (κ1) is 11.9. The Kier molecular flexibility index (Phi) is 3.29. The molecule has 1 atom stereocenters. The van der Waals surface area contributed by atoms with E-state index in [1.165, 1.54) is 0 Å². The number of aliphatic hydroxyl groups excluding tert-OH is 1. The van der Waals surface area contributed by atoms with Gasteiger partial charge in [-0.25, -0.2) is 4.98 Å². The molecular formula is C14H18N2O. The van der Waals surface area contributed by atoms with Gasteiger partial charge in [0.05, 0.1) is 11.0 Å². The van der Waals surface area contributed by atoms with Crippen LogP contribution in [0.2, 0.25) is 0 Å². The number of rotatable bonds is 4. The Balaban J connectivity index is 2.60. The van der Waals surface area contributed by atoms with Gasteiger partial charge in [-0.1, -0.05) is 31.2 Å². The van der Waals surface area contributed by atoms with Crippen LogP contribution in [0.1, 0.15) is 32.2 Å². The van der Waals surface area contributed by atoms with Crippen LogP contribution >= 0.6 is 0 Å². The highest BCUT2D eigenvalue weighted by Crippen LogP contribution is 2.23. The van der Waals surface area contributed by atoms with Gasteiger partial charge in [-0.05, 0) is 25.5 Å². The summed E-state index contributed by atoms with van der Waals surface area (Å²) in [6.07, 6.45) is 0.154. The highest BCUT2D eigenvalue weighted by atomic mass is 16.3. The van der Waals surface area contributed by atoms with Crippen molar-refractivity contribution in [2.24, 2.45) is 0 Å². The normalized spacial score (nSPS) is 12.9. The zero-order chi connectivity index (χ0) is 12.4. The van der Waals surface area contributed by atoms with E-state index in [9.17, 15) is 5.11 Å². The van der Waals surface area contributed by atoms with Crippen molar-refractivity contribution in [1.29, 1.82) is 0 Å². The zero-order valence-electron chi connectivity index (χ0n) is 10.3. The summed E-state index contributed by atoms with van der Waals surface area (Å²) in [5, 5.41) is 10.0. The van der Waals surface area contributed by atoms with Crippen LogP contribution in [-0.4, -0.2) is 14.7 Å². The van der Waals surface area contributed by atoms with Crippen LogP contribution in [0.25, 0.3) is 11.0 Å². The van der Waals surface area contributed by atoms with Crippen LogP contribution in [0.4, 0.5) is 0 Å². The molecule has 0 saturated heterocycles. The summed E-state index contributed by atoms with van der Waals surface area (Å²) >= 11 is 0. The maximum Gasteiger partial charge on any atom is 0.139 e. The average molecular weight is 230 g/mol. The van der Waals surface area contributed by atoms with Gasteiger partial charge >= 0.3 is 0 Å². The van der Waals surface area contributed by atoms with E-state index in [1.54, 1.807) is 0 Å². The lowest BCUT2D eigenvalue weighted by Crippen LogP contribution is -2.09. The van der Waals surface area contributed by atoms with Gasteiger partial charge in [0, 0.05) is 6.54 Å². The number of allylic oxidation sites excluding steroid dienone is 1. The number of aromatic nitrogens is 2. The molecule has 17 heavy (non-hydrogen) atoms. The summed E-state index contributed by atoms with van der Waals surface area (Å²) < 4.78 is 2.05. The van der Waals surface area contributed by atoms with Crippen molar-refractivity contribution in [1.82, 2.24) is 9.55 Å². The molecule has 0 bridgehead atoms. The van der Waals surface area contributed by atoms with Gasteiger partial charge in [-0.2, -0.15) is 0 Å². The summed E-state index contributed by atoms with van der Waals surface area (Å²) in [5.74, 6) is 0.733. The molecule has 1 heterocycles.